The number of hydrogen-bond acceptors (Lipinski definition) is 2. The molecule has 1 unspecified atom stereocenters. The predicted molar refractivity (Wildman–Crippen MR) is 71.5 cm³/mol. The highest BCUT2D eigenvalue weighted by molar-refractivity contribution is 6.31. The zero-order valence-corrected chi connectivity index (χ0v) is 11.3. The van der Waals surface area contributed by atoms with Crippen LogP contribution in [0.1, 0.15) is 16.8 Å². The van der Waals surface area contributed by atoms with Gasteiger partial charge in [0.2, 0.25) is 5.91 Å². The van der Waals surface area contributed by atoms with Crippen LogP contribution in [0.4, 0.5) is 5.69 Å². The van der Waals surface area contributed by atoms with Crippen molar-refractivity contribution in [1.82, 2.24) is 5.32 Å². The van der Waals surface area contributed by atoms with Gasteiger partial charge in [-0.1, -0.05) is 11.6 Å². The molecule has 1 aliphatic heterocycles. The quantitative estimate of drug-likeness (QED) is 0.846. The summed E-state index contributed by atoms with van der Waals surface area (Å²) in [6.45, 7) is 0.409. The summed E-state index contributed by atoms with van der Waals surface area (Å²) >= 11 is 11.8. The first-order chi connectivity index (χ1) is 8.52. The van der Waals surface area contributed by atoms with Crippen molar-refractivity contribution >= 4 is 40.7 Å². The highest BCUT2D eigenvalue weighted by Gasteiger charge is 2.31. The Hall–Kier alpha value is -1.26. The van der Waals surface area contributed by atoms with Gasteiger partial charge in [0.1, 0.15) is 0 Å². The molecule has 0 bridgehead atoms. The Balaban J connectivity index is 2.44. The third kappa shape index (κ3) is 2.44. The maximum absolute atomic E-state index is 11.8. The van der Waals surface area contributed by atoms with Crippen molar-refractivity contribution in [3.8, 4) is 0 Å². The molecule has 1 aliphatic rings. The van der Waals surface area contributed by atoms with Gasteiger partial charge in [0.25, 0.3) is 5.91 Å². The van der Waals surface area contributed by atoms with Crippen molar-refractivity contribution in [2.24, 2.45) is 0 Å². The summed E-state index contributed by atoms with van der Waals surface area (Å²) in [4.78, 5) is 25.1. The number of rotatable bonds is 2. The molecule has 1 heterocycles. The molecule has 0 aromatic heterocycles. The van der Waals surface area contributed by atoms with E-state index in [0.29, 0.717) is 22.8 Å². The fourth-order valence-electron chi connectivity index (χ4n) is 1.96. The summed E-state index contributed by atoms with van der Waals surface area (Å²) in [5, 5.41) is 2.76. The van der Waals surface area contributed by atoms with Crippen LogP contribution in [0.5, 0.6) is 0 Å². The van der Waals surface area contributed by atoms with Crippen LogP contribution in [-0.4, -0.2) is 30.8 Å². The summed E-state index contributed by atoms with van der Waals surface area (Å²) in [7, 11) is 1.53. The average molecular weight is 287 g/mol. The third-order valence-electron chi connectivity index (χ3n) is 2.80. The molecule has 1 aromatic carbocycles. The minimum absolute atomic E-state index is 0.0810. The molecule has 1 N–H and O–H groups in total. The van der Waals surface area contributed by atoms with Crippen LogP contribution >= 0.6 is 23.2 Å². The van der Waals surface area contributed by atoms with E-state index in [2.05, 4.69) is 5.32 Å². The van der Waals surface area contributed by atoms with Gasteiger partial charge in [0, 0.05) is 25.0 Å². The van der Waals surface area contributed by atoms with Crippen molar-refractivity contribution in [3.05, 3.63) is 28.8 Å². The van der Waals surface area contributed by atoms with E-state index in [1.165, 1.54) is 11.9 Å². The van der Waals surface area contributed by atoms with Gasteiger partial charge >= 0.3 is 0 Å². The monoisotopic (exact) mass is 286 g/mol. The standard InChI is InChI=1S/C12H12Cl2N2O2/c1-15-12(18)9-4-7(13)2-3-10(9)16-6-8(14)5-11(16)17/h2-4,8H,5-6H2,1H3,(H,15,18). The van der Waals surface area contributed by atoms with Gasteiger partial charge in [-0.2, -0.15) is 0 Å². The van der Waals surface area contributed by atoms with E-state index in [9.17, 15) is 9.59 Å². The second kappa shape index (κ2) is 5.16. The van der Waals surface area contributed by atoms with Crippen LogP contribution in [0, 0.1) is 0 Å². The van der Waals surface area contributed by atoms with Crippen LogP contribution in [0.2, 0.25) is 5.02 Å². The van der Waals surface area contributed by atoms with E-state index in [1.54, 1.807) is 18.2 Å². The fraction of sp³-hybridized carbons (Fsp3) is 0.333. The molecule has 1 aromatic rings. The molecule has 0 aliphatic carbocycles. The van der Waals surface area contributed by atoms with Crippen molar-refractivity contribution < 1.29 is 9.59 Å². The molecule has 0 spiro atoms. The second-order valence-corrected chi connectivity index (χ2v) is 5.10. The maximum atomic E-state index is 11.8. The summed E-state index contributed by atoms with van der Waals surface area (Å²) in [6, 6.07) is 4.86. The third-order valence-corrected chi connectivity index (χ3v) is 3.33. The lowest BCUT2D eigenvalue weighted by Gasteiger charge is -2.19. The number of alkyl halides is 1. The van der Waals surface area contributed by atoms with E-state index in [-0.39, 0.29) is 23.6 Å². The van der Waals surface area contributed by atoms with Gasteiger partial charge in [-0.3, -0.25) is 9.59 Å². The van der Waals surface area contributed by atoms with Crippen molar-refractivity contribution in [2.45, 2.75) is 11.8 Å². The van der Waals surface area contributed by atoms with Gasteiger partial charge in [-0.05, 0) is 18.2 Å². The lowest BCUT2D eigenvalue weighted by molar-refractivity contribution is -0.117. The molecule has 6 heteroatoms. The molecular formula is C12H12Cl2N2O2. The SMILES string of the molecule is CNC(=O)c1cc(Cl)ccc1N1CC(Cl)CC1=O. The van der Waals surface area contributed by atoms with E-state index in [4.69, 9.17) is 23.2 Å². The van der Waals surface area contributed by atoms with Gasteiger partial charge < -0.3 is 10.2 Å². The molecule has 1 saturated heterocycles. The smallest absolute Gasteiger partial charge is 0.253 e. The first-order valence-electron chi connectivity index (χ1n) is 5.49. The molecule has 0 radical (unpaired) electrons. The molecule has 2 rings (SSSR count). The van der Waals surface area contributed by atoms with E-state index >= 15 is 0 Å². The van der Waals surface area contributed by atoms with E-state index in [1.807, 2.05) is 0 Å². The van der Waals surface area contributed by atoms with Gasteiger partial charge in [0.05, 0.1) is 16.6 Å². The average Bonchev–Trinajstić information content (AvgIpc) is 2.67. The van der Waals surface area contributed by atoms with Crippen LogP contribution < -0.4 is 10.2 Å². The Morgan fingerprint density at radius 3 is 2.78 bits per heavy atom. The Morgan fingerprint density at radius 1 is 1.50 bits per heavy atom. The van der Waals surface area contributed by atoms with Gasteiger partial charge in [-0.15, -0.1) is 11.6 Å². The van der Waals surface area contributed by atoms with Gasteiger partial charge in [0.15, 0.2) is 0 Å². The number of anilines is 1. The molecule has 18 heavy (non-hydrogen) atoms. The van der Waals surface area contributed by atoms with E-state index in [0.717, 1.165) is 0 Å². The number of hydrogen-bond donors (Lipinski definition) is 1. The van der Waals surface area contributed by atoms with Crippen molar-refractivity contribution in [3.63, 3.8) is 0 Å². The number of nitrogens with one attached hydrogen (secondary N) is 1. The zero-order chi connectivity index (χ0) is 13.3. The Labute approximate surface area is 115 Å². The molecule has 4 nitrogen and oxygen atoms in total. The summed E-state index contributed by atoms with van der Waals surface area (Å²) in [6.07, 6.45) is 0.289. The zero-order valence-electron chi connectivity index (χ0n) is 9.74. The molecule has 0 saturated carbocycles. The van der Waals surface area contributed by atoms with Crippen molar-refractivity contribution in [1.29, 1.82) is 0 Å². The van der Waals surface area contributed by atoms with E-state index < -0.39 is 0 Å². The highest BCUT2D eigenvalue weighted by Crippen LogP contribution is 2.29. The predicted octanol–water partition coefficient (Wildman–Crippen LogP) is 2.04. The first kappa shape index (κ1) is 13.2. The fourth-order valence-corrected chi connectivity index (χ4v) is 2.40. The number of amides is 2. The largest absolute Gasteiger partial charge is 0.355 e. The lowest BCUT2D eigenvalue weighted by atomic mass is 10.1. The topological polar surface area (TPSA) is 49.4 Å². The Bertz CT molecular complexity index is 505. The first-order valence-corrected chi connectivity index (χ1v) is 6.30. The Morgan fingerprint density at radius 2 is 2.22 bits per heavy atom. The molecule has 96 valence electrons. The number of halogens is 2. The van der Waals surface area contributed by atoms with Gasteiger partial charge in [-0.25, -0.2) is 0 Å². The molecular weight excluding hydrogens is 275 g/mol. The molecule has 1 atom stereocenters. The minimum atomic E-state index is -0.279. The highest BCUT2D eigenvalue weighted by atomic mass is 35.5. The maximum Gasteiger partial charge on any atom is 0.253 e. The minimum Gasteiger partial charge on any atom is -0.355 e. The summed E-state index contributed by atoms with van der Waals surface area (Å²) in [5.41, 5.74) is 0.927. The van der Waals surface area contributed by atoms with Crippen LogP contribution in [0.15, 0.2) is 18.2 Å². The summed E-state index contributed by atoms with van der Waals surface area (Å²) < 4.78 is 0. The molecule has 1 fully saturated rings. The second-order valence-electron chi connectivity index (χ2n) is 4.05. The number of nitrogens with zero attached hydrogens (tertiary/aromatic N) is 1. The number of benzene rings is 1. The lowest BCUT2D eigenvalue weighted by Crippen LogP contribution is -2.28. The van der Waals surface area contributed by atoms with Crippen LogP contribution in [0.3, 0.4) is 0 Å². The number of carbonyl (C=O) groups is 2. The van der Waals surface area contributed by atoms with Crippen LogP contribution in [-0.2, 0) is 4.79 Å². The molecule has 2 amide bonds. The normalized spacial score (nSPS) is 19.2. The van der Waals surface area contributed by atoms with Crippen LogP contribution in [0.25, 0.3) is 0 Å². The Kier molecular flexibility index (Phi) is 3.78. The summed E-state index contributed by atoms with van der Waals surface area (Å²) in [5.74, 6) is -0.360. The van der Waals surface area contributed by atoms with Crippen molar-refractivity contribution in [2.75, 3.05) is 18.5 Å². The number of carbonyl (C=O) groups excluding carboxylic acids is 2.